The minimum absolute atomic E-state index is 0.159. The minimum atomic E-state index is -0.203. The predicted octanol–water partition coefficient (Wildman–Crippen LogP) is 1.82. The quantitative estimate of drug-likeness (QED) is 0.757. The van der Waals surface area contributed by atoms with Crippen molar-refractivity contribution < 1.29 is 4.79 Å². The Morgan fingerprint density at radius 2 is 2.16 bits per heavy atom. The molecule has 0 aliphatic carbocycles. The molecule has 0 saturated carbocycles. The van der Waals surface area contributed by atoms with Gasteiger partial charge in [0, 0.05) is 17.8 Å². The van der Waals surface area contributed by atoms with Crippen molar-refractivity contribution in [2.24, 2.45) is 0 Å². The summed E-state index contributed by atoms with van der Waals surface area (Å²) in [5.41, 5.74) is 1.27. The van der Waals surface area contributed by atoms with Crippen molar-refractivity contribution in [3.63, 3.8) is 0 Å². The van der Waals surface area contributed by atoms with E-state index in [0.29, 0.717) is 17.3 Å². The van der Waals surface area contributed by atoms with Crippen molar-refractivity contribution in [3.8, 4) is 6.07 Å². The van der Waals surface area contributed by atoms with Crippen LogP contribution >= 0.6 is 0 Å². The first-order chi connectivity index (χ1) is 9.19. The first-order valence-corrected chi connectivity index (χ1v) is 6.50. The standard InChI is InChI=1S/C14H18N4O/c1-10-13(3-2-8-16-10)18-14(19)17-12-6-4-11(9-15)5-7-12/h4-7,10,13,16H,2-3,8H2,1H3,(H2,17,18,19). The van der Waals surface area contributed by atoms with Crippen molar-refractivity contribution in [2.75, 3.05) is 11.9 Å². The number of benzene rings is 1. The number of carbonyl (C=O) groups is 1. The number of piperidine rings is 1. The maximum absolute atomic E-state index is 11.9. The van der Waals surface area contributed by atoms with E-state index in [2.05, 4.69) is 22.9 Å². The van der Waals surface area contributed by atoms with Crippen LogP contribution in [0.1, 0.15) is 25.3 Å². The van der Waals surface area contributed by atoms with Gasteiger partial charge in [0.25, 0.3) is 0 Å². The lowest BCUT2D eigenvalue weighted by molar-refractivity contribution is 0.239. The summed E-state index contributed by atoms with van der Waals surface area (Å²) in [6, 6.07) is 9.10. The Balaban J connectivity index is 1.88. The number of nitrogens with one attached hydrogen (secondary N) is 3. The minimum Gasteiger partial charge on any atom is -0.334 e. The maximum atomic E-state index is 11.9. The van der Waals surface area contributed by atoms with Gasteiger partial charge in [0.2, 0.25) is 0 Å². The highest BCUT2D eigenvalue weighted by Gasteiger charge is 2.22. The van der Waals surface area contributed by atoms with Gasteiger partial charge in [-0.05, 0) is 50.6 Å². The Kier molecular flexibility index (Phi) is 4.37. The number of nitrogens with zero attached hydrogens (tertiary/aromatic N) is 1. The van der Waals surface area contributed by atoms with E-state index in [9.17, 15) is 4.79 Å². The second-order valence-electron chi connectivity index (χ2n) is 4.78. The topological polar surface area (TPSA) is 76.9 Å². The number of rotatable bonds is 2. The molecule has 2 rings (SSSR count). The molecule has 5 nitrogen and oxygen atoms in total. The largest absolute Gasteiger partial charge is 0.334 e. The molecule has 1 fully saturated rings. The highest BCUT2D eigenvalue weighted by Crippen LogP contribution is 2.11. The number of hydrogen-bond donors (Lipinski definition) is 3. The van der Waals surface area contributed by atoms with Crippen LogP contribution in [0.15, 0.2) is 24.3 Å². The molecular formula is C14H18N4O. The molecule has 1 aliphatic heterocycles. The van der Waals surface area contributed by atoms with Crippen LogP contribution in [0.25, 0.3) is 0 Å². The van der Waals surface area contributed by atoms with E-state index in [-0.39, 0.29) is 12.1 Å². The number of hydrogen-bond acceptors (Lipinski definition) is 3. The van der Waals surface area contributed by atoms with Crippen LogP contribution in [-0.2, 0) is 0 Å². The predicted molar refractivity (Wildman–Crippen MR) is 73.8 cm³/mol. The average Bonchev–Trinajstić information content (AvgIpc) is 2.42. The highest BCUT2D eigenvalue weighted by atomic mass is 16.2. The molecule has 0 bridgehead atoms. The van der Waals surface area contributed by atoms with E-state index >= 15 is 0 Å². The summed E-state index contributed by atoms with van der Waals surface area (Å²) in [6.07, 6.45) is 2.07. The number of carbonyl (C=O) groups excluding carboxylic acids is 1. The maximum Gasteiger partial charge on any atom is 0.319 e. The van der Waals surface area contributed by atoms with Gasteiger partial charge in [0.05, 0.1) is 11.6 Å². The second kappa shape index (κ2) is 6.21. The molecule has 1 aromatic carbocycles. The van der Waals surface area contributed by atoms with Crippen LogP contribution in [0.5, 0.6) is 0 Å². The lowest BCUT2D eigenvalue weighted by Crippen LogP contribution is -2.52. The fourth-order valence-corrected chi connectivity index (χ4v) is 2.20. The van der Waals surface area contributed by atoms with Crippen LogP contribution < -0.4 is 16.0 Å². The Bertz CT molecular complexity index is 477. The molecule has 19 heavy (non-hydrogen) atoms. The molecule has 1 aromatic rings. The molecule has 1 saturated heterocycles. The zero-order chi connectivity index (χ0) is 13.7. The van der Waals surface area contributed by atoms with Gasteiger partial charge >= 0.3 is 6.03 Å². The average molecular weight is 258 g/mol. The summed E-state index contributed by atoms with van der Waals surface area (Å²) in [4.78, 5) is 11.9. The number of nitriles is 1. The molecule has 3 N–H and O–H groups in total. The van der Waals surface area contributed by atoms with E-state index in [0.717, 1.165) is 19.4 Å². The SMILES string of the molecule is CC1NCCCC1NC(=O)Nc1ccc(C#N)cc1. The Morgan fingerprint density at radius 3 is 2.79 bits per heavy atom. The Hall–Kier alpha value is -2.06. The van der Waals surface area contributed by atoms with E-state index in [1.54, 1.807) is 24.3 Å². The van der Waals surface area contributed by atoms with Crippen molar-refractivity contribution in [1.82, 2.24) is 10.6 Å². The van der Waals surface area contributed by atoms with E-state index < -0.39 is 0 Å². The molecule has 5 heteroatoms. The third-order valence-corrected chi connectivity index (χ3v) is 3.35. The Labute approximate surface area is 113 Å². The van der Waals surface area contributed by atoms with Crippen molar-refractivity contribution in [1.29, 1.82) is 5.26 Å². The lowest BCUT2D eigenvalue weighted by Gasteiger charge is -2.30. The van der Waals surface area contributed by atoms with Crippen molar-refractivity contribution >= 4 is 11.7 Å². The summed E-state index contributed by atoms with van der Waals surface area (Å²) >= 11 is 0. The molecule has 2 amide bonds. The molecule has 2 atom stereocenters. The smallest absolute Gasteiger partial charge is 0.319 e. The van der Waals surface area contributed by atoms with Crippen molar-refractivity contribution in [3.05, 3.63) is 29.8 Å². The molecule has 1 heterocycles. The highest BCUT2D eigenvalue weighted by molar-refractivity contribution is 5.89. The summed E-state index contributed by atoms with van der Waals surface area (Å²) in [5, 5.41) is 17.8. The lowest BCUT2D eigenvalue weighted by atomic mass is 10.0. The number of amides is 2. The normalized spacial score (nSPS) is 22.3. The van der Waals surface area contributed by atoms with Gasteiger partial charge in [-0.2, -0.15) is 5.26 Å². The van der Waals surface area contributed by atoms with Crippen LogP contribution in [-0.4, -0.2) is 24.7 Å². The first kappa shape index (κ1) is 13.4. The first-order valence-electron chi connectivity index (χ1n) is 6.50. The molecule has 1 aliphatic rings. The van der Waals surface area contributed by atoms with Crippen molar-refractivity contribution in [2.45, 2.75) is 31.8 Å². The van der Waals surface area contributed by atoms with Gasteiger partial charge in [0.1, 0.15) is 0 Å². The van der Waals surface area contributed by atoms with Gasteiger partial charge in [-0.1, -0.05) is 0 Å². The summed E-state index contributed by atoms with van der Waals surface area (Å²) in [6.45, 7) is 3.09. The fraction of sp³-hybridized carbons (Fsp3) is 0.429. The van der Waals surface area contributed by atoms with Gasteiger partial charge in [-0.3, -0.25) is 0 Å². The van der Waals surface area contributed by atoms with E-state index in [4.69, 9.17) is 5.26 Å². The fourth-order valence-electron chi connectivity index (χ4n) is 2.20. The Morgan fingerprint density at radius 1 is 1.42 bits per heavy atom. The van der Waals surface area contributed by atoms with Crippen LogP contribution in [0.2, 0.25) is 0 Å². The molecule has 0 radical (unpaired) electrons. The van der Waals surface area contributed by atoms with Crippen LogP contribution in [0.3, 0.4) is 0 Å². The molecular weight excluding hydrogens is 240 g/mol. The van der Waals surface area contributed by atoms with Gasteiger partial charge in [-0.25, -0.2) is 4.79 Å². The molecule has 100 valence electrons. The zero-order valence-electron chi connectivity index (χ0n) is 10.9. The van der Waals surface area contributed by atoms with Crippen LogP contribution in [0.4, 0.5) is 10.5 Å². The molecule has 2 unspecified atom stereocenters. The zero-order valence-corrected chi connectivity index (χ0v) is 10.9. The van der Waals surface area contributed by atoms with Crippen LogP contribution in [0, 0.1) is 11.3 Å². The summed E-state index contributed by atoms with van der Waals surface area (Å²) in [7, 11) is 0. The number of urea groups is 1. The van der Waals surface area contributed by atoms with E-state index in [1.165, 1.54) is 0 Å². The summed E-state index contributed by atoms with van der Waals surface area (Å²) < 4.78 is 0. The van der Waals surface area contributed by atoms with Gasteiger partial charge in [0.15, 0.2) is 0 Å². The monoisotopic (exact) mass is 258 g/mol. The molecule has 0 spiro atoms. The second-order valence-corrected chi connectivity index (χ2v) is 4.78. The third-order valence-electron chi connectivity index (χ3n) is 3.35. The summed E-state index contributed by atoms with van der Waals surface area (Å²) in [5.74, 6) is 0. The molecule has 0 aromatic heterocycles. The number of anilines is 1. The van der Waals surface area contributed by atoms with E-state index in [1.807, 2.05) is 6.07 Å². The van der Waals surface area contributed by atoms with Gasteiger partial charge in [-0.15, -0.1) is 0 Å². The van der Waals surface area contributed by atoms with Gasteiger partial charge < -0.3 is 16.0 Å². The third kappa shape index (κ3) is 3.70.